The average Bonchev–Trinajstić information content (AvgIpc) is 3.04. The maximum Gasteiger partial charge on any atom is 0.199 e. The van der Waals surface area contributed by atoms with Gasteiger partial charge >= 0.3 is 0 Å². The first-order chi connectivity index (χ1) is 8.90. The molecule has 0 spiro atoms. The second kappa shape index (κ2) is 3.29. The van der Waals surface area contributed by atoms with Gasteiger partial charge in [-0.05, 0) is 6.07 Å². The van der Waals surface area contributed by atoms with Gasteiger partial charge in [-0.1, -0.05) is 0 Å². The van der Waals surface area contributed by atoms with Crippen LogP contribution in [-0.2, 0) is 0 Å². The number of H-pyrrole nitrogens is 1. The molecule has 4 aromatic rings. The fraction of sp³-hybridized carbons (Fsp3) is 0. The highest BCUT2D eigenvalue weighted by Crippen LogP contribution is 2.10. The van der Waals surface area contributed by atoms with Crippen molar-refractivity contribution in [1.82, 2.24) is 39.9 Å². The Morgan fingerprint density at radius 2 is 2.00 bits per heavy atom. The summed E-state index contributed by atoms with van der Waals surface area (Å²) in [5, 5.41) is 8.58. The van der Waals surface area contributed by atoms with Crippen LogP contribution in [0.5, 0.6) is 0 Å². The van der Waals surface area contributed by atoms with E-state index in [-0.39, 0.29) is 0 Å². The second-order valence-corrected chi connectivity index (χ2v) is 3.66. The lowest BCUT2D eigenvalue weighted by atomic mass is 10.4. The van der Waals surface area contributed by atoms with Crippen LogP contribution in [0.2, 0.25) is 0 Å². The Kier molecular flexibility index (Phi) is 1.68. The molecule has 8 heteroatoms. The van der Waals surface area contributed by atoms with E-state index in [1.54, 1.807) is 31.0 Å². The number of hydrogen-bond acceptors (Lipinski definition) is 6. The standard InChI is InChI=1S/C10H6N8/c1-2-11-3-7-6(1)16-18(17-7)8-4-12-9-10(15-8)14-5-13-9/h1-5H,(H,12,13,14,15). The zero-order chi connectivity index (χ0) is 11.9. The van der Waals surface area contributed by atoms with Crippen molar-refractivity contribution >= 4 is 22.3 Å². The molecule has 0 fully saturated rings. The third kappa shape index (κ3) is 1.25. The van der Waals surface area contributed by atoms with E-state index in [1.165, 1.54) is 4.80 Å². The Morgan fingerprint density at radius 1 is 1.06 bits per heavy atom. The number of hydrogen-bond donors (Lipinski definition) is 1. The van der Waals surface area contributed by atoms with Crippen LogP contribution >= 0.6 is 0 Å². The van der Waals surface area contributed by atoms with Gasteiger partial charge in [-0.15, -0.1) is 15.0 Å². The summed E-state index contributed by atoms with van der Waals surface area (Å²) in [5.74, 6) is 0.519. The number of rotatable bonds is 1. The summed E-state index contributed by atoms with van der Waals surface area (Å²) >= 11 is 0. The van der Waals surface area contributed by atoms with E-state index in [2.05, 4.69) is 35.1 Å². The van der Waals surface area contributed by atoms with E-state index < -0.39 is 0 Å². The molecule has 0 atom stereocenters. The van der Waals surface area contributed by atoms with Crippen LogP contribution in [0.1, 0.15) is 0 Å². The van der Waals surface area contributed by atoms with Crippen LogP contribution in [0.25, 0.3) is 28.1 Å². The van der Waals surface area contributed by atoms with Crippen LogP contribution in [0.3, 0.4) is 0 Å². The number of fused-ring (bicyclic) bond motifs is 2. The highest BCUT2D eigenvalue weighted by molar-refractivity contribution is 5.72. The summed E-state index contributed by atoms with van der Waals surface area (Å²) in [6.07, 6.45) is 6.46. The molecule has 0 saturated heterocycles. The van der Waals surface area contributed by atoms with Crippen molar-refractivity contribution in [3.8, 4) is 5.82 Å². The van der Waals surface area contributed by atoms with E-state index in [0.29, 0.717) is 22.6 Å². The molecule has 0 saturated carbocycles. The number of nitrogens with one attached hydrogen (secondary N) is 1. The van der Waals surface area contributed by atoms with Crippen molar-refractivity contribution in [2.24, 2.45) is 0 Å². The molecule has 1 N–H and O–H groups in total. The van der Waals surface area contributed by atoms with Gasteiger partial charge in [-0.2, -0.15) is 0 Å². The lowest BCUT2D eigenvalue weighted by molar-refractivity contribution is 0.740. The van der Waals surface area contributed by atoms with Gasteiger partial charge in [0.1, 0.15) is 11.0 Å². The topological polar surface area (TPSA) is 98.1 Å². The van der Waals surface area contributed by atoms with Gasteiger partial charge in [0.2, 0.25) is 0 Å². The van der Waals surface area contributed by atoms with Crippen LogP contribution in [-0.4, -0.2) is 39.9 Å². The van der Waals surface area contributed by atoms with Crippen molar-refractivity contribution < 1.29 is 0 Å². The smallest absolute Gasteiger partial charge is 0.199 e. The lowest BCUT2D eigenvalue weighted by Crippen LogP contribution is -2.02. The quantitative estimate of drug-likeness (QED) is 0.518. The van der Waals surface area contributed by atoms with E-state index in [0.717, 1.165) is 5.52 Å². The molecule has 0 aliphatic rings. The summed E-state index contributed by atoms with van der Waals surface area (Å²) in [6.45, 7) is 0. The Bertz CT molecular complexity index is 812. The number of aromatic nitrogens is 8. The first-order valence-corrected chi connectivity index (χ1v) is 5.24. The molecular formula is C10H6N8. The molecule has 4 aromatic heterocycles. The van der Waals surface area contributed by atoms with Crippen molar-refractivity contribution in [2.45, 2.75) is 0 Å². The molecule has 0 radical (unpaired) electrons. The van der Waals surface area contributed by atoms with Crippen LogP contribution in [0.15, 0.2) is 31.0 Å². The minimum atomic E-state index is 0.519. The average molecular weight is 238 g/mol. The number of pyridine rings is 1. The molecule has 0 aliphatic carbocycles. The Morgan fingerprint density at radius 3 is 2.94 bits per heavy atom. The summed E-state index contributed by atoms with van der Waals surface area (Å²) in [4.78, 5) is 20.8. The van der Waals surface area contributed by atoms with Gasteiger partial charge in [-0.3, -0.25) is 4.98 Å². The number of imidazole rings is 1. The molecule has 86 valence electrons. The van der Waals surface area contributed by atoms with Crippen LogP contribution in [0.4, 0.5) is 0 Å². The van der Waals surface area contributed by atoms with Crippen LogP contribution < -0.4 is 0 Å². The van der Waals surface area contributed by atoms with E-state index in [9.17, 15) is 0 Å². The largest absolute Gasteiger partial charge is 0.328 e. The molecule has 0 aliphatic heterocycles. The maximum absolute atomic E-state index is 4.31. The summed E-state index contributed by atoms with van der Waals surface area (Å²) in [7, 11) is 0. The number of aromatic amines is 1. The molecule has 4 heterocycles. The SMILES string of the molecule is c1cc2nn(-c3cnc4[nH]cnc4n3)nc2cn1. The Balaban J connectivity index is 1.94. The third-order valence-electron chi connectivity index (χ3n) is 2.52. The van der Waals surface area contributed by atoms with Gasteiger partial charge in [0.25, 0.3) is 0 Å². The summed E-state index contributed by atoms with van der Waals surface area (Å²) < 4.78 is 0. The summed E-state index contributed by atoms with van der Waals surface area (Å²) in [5.41, 5.74) is 2.64. The van der Waals surface area contributed by atoms with Crippen molar-refractivity contribution in [2.75, 3.05) is 0 Å². The normalized spacial score (nSPS) is 11.3. The van der Waals surface area contributed by atoms with Crippen molar-refractivity contribution in [1.29, 1.82) is 0 Å². The highest BCUT2D eigenvalue weighted by atomic mass is 15.5. The van der Waals surface area contributed by atoms with Crippen LogP contribution in [0, 0.1) is 0 Å². The zero-order valence-electron chi connectivity index (χ0n) is 9.02. The molecule has 0 unspecified atom stereocenters. The lowest BCUT2D eigenvalue weighted by Gasteiger charge is -1.96. The molecule has 0 amide bonds. The highest BCUT2D eigenvalue weighted by Gasteiger charge is 2.07. The molecule has 8 nitrogen and oxygen atoms in total. The van der Waals surface area contributed by atoms with Gasteiger partial charge in [0, 0.05) is 6.20 Å². The van der Waals surface area contributed by atoms with Gasteiger partial charge in [0.15, 0.2) is 17.1 Å². The van der Waals surface area contributed by atoms with E-state index in [4.69, 9.17) is 0 Å². The van der Waals surface area contributed by atoms with Crippen molar-refractivity contribution in [3.05, 3.63) is 31.0 Å². The third-order valence-corrected chi connectivity index (χ3v) is 2.52. The van der Waals surface area contributed by atoms with Gasteiger partial charge in [-0.25, -0.2) is 15.0 Å². The minimum Gasteiger partial charge on any atom is -0.328 e. The van der Waals surface area contributed by atoms with E-state index in [1.807, 2.05) is 0 Å². The summed E-state index contributed by atoms with van der Waals surface area (Å²) in [6, 6.07) is 1.79. The fourth-order valence-electron chi connectivity index (χ4n) is 1.68. The Labute approximate surface area is 99.7 Å². The first kappa shape index (κ1) is 9.16. The number of nitrogens with zero attached hydrogens (tertiary/aromatic N) is 7. The molecule has 4 rings (SSSR count). The molecule has 18 heavy (non-hydrogen) atoms. The van der Waals surface area contributed by atoms with Crippen molar-refractivity contribution in [3.63, 3.8) is 0 Å². The maximum atomic E-state index is 4.31. The minimum absolute atomic E-state index is 0.519. The predicted octanol–water partition coefficient (Wildman–Crippen LogP) is 0.482. The predicted molar refractivity (Wildman–Crippen MR) is 61.9 cm³/mol. The monoisotopic (exact) mass is 238 g/mol. The van der Waals surface area contributed by atoms with E-state index >= 15 is 0 Å². The zero-order valence-corrected chi connectivity index (χ0v) is 9.02. The Hall–Kier alpha value is -2.90. The second-order valence-electron chi connectivity index (χ2n) is 3.66. The molecular weight excluding hydrogens is 232 g/mol. The molecule has 0 bridgehead atoms. The fourth-order valence-corrected chi connectivity index (χ4v) is 1.68. The molecule has 0 aromatic carbocycles. The van der Waals surface area contributed by atoms with Gasteiger partial charge < -0.3 is 4.98 Å². The first-order valence-electron chi connectivity index (χ1n) is 5.24. The van der Waals surface area contributed by atoms with Gasteiger partial charge in [0.05, 0.1) is 18.7 Å².